The number of thiazole rings is 1. The largest absolute Gasteiger partial charge is 0.467 e. The van der Waals surface area contributed by atoms with Crippen LogP contribution < -0.4 is 10.1 Å². The fourth-order valence-electron chi connectivity index (χ4n) is 2.45. The molecule has 1 fully saturated rings. The lowest BCUT2D eigenvalue weighted by molar-refractivity contribution is -0.123. The van der Waals surface area contributed by atoms with Crippen molar-refractivity contribution in [1.29, 1.82) is 0 Å². The monoisotopic (exact) mass is 321 g/mol. The average molecular weight is 321 g/mol. The summed E-state index contributed by atoms with van der Waals surface area (Å²) in [5.74, 6) is 0.791. The van der Waals surface area contributed by atoms with Crippen LogP contribution in [0.15, 0.2) is 34.4 Å². The molecule has 0 bridgehead atoms. The Morgan fingerprint density at radius 1 is 1.50 bits per heavy atom. The van der Waals surface area contributed by atoms with Crippen molar-refractivity contribution in [1.82, 2.24) is 15.2 Å². The van der Waals surface area contributed by atoms with Gasteiger partial charge in [0.1, 0.15) is 11.9 Å². The molecule has 0 radical (unpaired) electrons. The summed E-state index contributed by atoms with van der Waals surface area (Å²) >= 11 is 1.51. The molecule has 0 saturated carbocycles. The first kappa shape index (κ1) is 15.1. The summed E-state index contributed by atoms with van der Waals surface area (Å²) in [7, 11) is 0. The molecule has 118 valence electrons. The molecule has 22 heavy (non-hydrogen) atoms. The van der Waals surface area contributed by atoms with Crippen LogP contribution in [0.1, 0.15) is 18.6 Å². The first-order valence-corrected chi connectivity index (χ1v) is 8.25. The number of carbonyl (C=O) groups excluding carboxylic acids is 1. The summed E-state index contributed by atoms with van der Waals surface area (Å²) in [6, 6.07) is 3.66. The van der Waals surface area contributed by atoms with E-state index in [4.69, 9.17) is 9.15 Å². The Morgan fingerprint density at radius 2 is 2.36 bits per heavy atom. The number of amides is 1. The molecule has 0 atom stereocenters. The first-order valence-electron chi connectivity index (χ1n) is 7.37. The Bertz CT molecular complexity index is 563. The fourth-order valence-corrected chi connectivity index (χ4v) is 3.01. The van der Waals surface area contributed by atoms with Crippen LogP contribution in [-0.2, 0) is 11.3 Å². The third-order valence-corrected chi connectivity index (χ3v) is 4.28. The zero-order chi connectivity index (χ0) is 15.2. The minimum atomic E-state index is 0.0238. The van der Waals surface area contributed by atoms with E-state index in [2.05, 4.69) is 15.2 Å². The minimum absolute atomic E-state index is 0.0238. The van der Waals surface area contributed by atoms with Gasteiger partial charge in [-0.25, -0.2) is 4.98 Å². The molecule has 2 aromatic rings. The highest BCUT2D eigenvalue weighted by atomic mass is 32.1. The molecule has 3 rings (SSSR count). The maximum atomic E-state index is 11.9. The molecule has 2 aromatic heterocycles. The van der Waals surface area contributed by atoms with Crippen LogP contribution in [0.3, 0.4) is 0 Å². The predicted octanol–water partition coefficient (Wildman–Crippen LogP) is 1.90. The molecular formula is C15H19N3O3S. The van der Waals surface area contributed by atoms with E-state index in [1.807, 2.05) is 17.5 Å². The number of ether oxygens (including phenoxy) is 1. The quantitative estimate of drug-likeness (QED) is 0.880. The third-order valence-electron chi connectivity index (χ3n) is 3.62. The summed E-state index contributed by atoms with van der Waals surface area (Å²) in [6.45, 7) is 2.59. The van der Waals surface area contributed by atoms with E-state index in [0.717, 1.165) is 36.9 Å². The maximum Gasteiger partial charge on any atom is 0.273 e. The molecule has 3 heterocycles. The van der Waals surface area contributed by atoms with Gasteiger partial charge in [-0.1, -0.05) is 11.3 Å². The molecule has 0 aromatic carbocycles. The maximum absolute atomic E-state index is 11.9. The van der Waals surface area contributed by atoms with Gasteiger partial charge in [-0.3, -0.25) is 9.69 Å². The zero-order valence-corrected chi connectivity index (χ0v) is 13.1. The van der Waals surface area contributed by atoms with Crippen LogP contribution in [0.25, 0.3) is 0 Å². The molecule has 1 N–H and O–H groups in total. The topological polar surface area (TPSA) is 67.6 Å². The Morgan fingerprint density at radius 3 is 3.05 bits per heavy atom. The van der Waals surface area contributed by atoms with Gasteiger partial charge < -0.3 is 14.5 Å². The SMILES string of the molecule is O=C(CN1CCC(Oc2nccs2)CC1)NCc1ccco1. The molecule has 6 nitrogen and oxygen atoms in total. The molecule has 1 aliphatic rings. The van der Waals surface area contributed by atoms with Gasteiger partial charge in [-0.05, 0) is 25.0 Å². The van der Waals surface area contributed by atoms with E-state index in [9.17, 15) is 4.79 Å². The van der Waals surface area contributed by atoms with Crippen molar-refractivity contribution in [2.45, 2.75) is 25.5 Å². The number of nitrogens with zero attached hydrogens (tertiary/aromatic N) is 2. The van der Waals surface area contributed by atoms with Crippen LogP contribution >= 0.6 is 11.3 Å². The molecule has 0 unspecified atom stereocenters. The Hall–Kier alpha value is -1.86. The molecule has 1 saturated heterocycles. The number of nitrogens with one attached hydrogen (secondary N) is 1. The molecule has 0 spiro atoms. The normalized spacial score (nSPS) is 16.5. The van der Waals surface area contributed by atoms with Gasteiger partial charge in [0.05, 0.1) is 19.4 Å². The number of aromatic nitrogens is 1. The van der Waals surface area contributed by atoms with Crippen molar-refractivity contribution < 1.29 is 13.9 Å². The van der Waals surface area contributed by atoms with Gasteiger partial charge >= 0.3 is 0 Å². The van der Waals surface area contributed by atoms with Crippen molar-refractivity contribution in [3.8, 4) is 5.19 Å². The Balaban J connectivity index is 1.35. The van der Waals surface area contributed by atoms with E-state index >= 15 is 0 Å². The van der Waals surface area contributed by atoms with Crippen LogP contribution in [0.5, 0.6) is 5.19 Å². The van der Waals surface area contributed by atoms with Crippen molar-refractivity contribution in [2.24, 2.45) is 0 Å². The van der Waals surface area contributed by atoms with E-state index in [0.29, 0.717) is 13.1 Å². The second-order valence-corrected chi connectivity index (χ2v) is 6.10. The lowest BCUT2D eigenvalue weighted by atomic mass is 10.1. The number of furan rings is 1. The van der Waals surface area contributed by atoms with Gasteiger partial charge in [0.15, 0.2) is 0 Å². The van der Waals surface area contributed by atoms with Crippen LogP contribution in [-0.4, -0.2) is 41.5 Å². The predicted molar refractivity (Wildman–Crippen MR) is 82.8 cm³/mol. The summed E-state index contributed by atoms with van der Waals surface area (Å²) in [6.07, 6.45) is 5.40. The van der Waals surface area contributed by atoms with Crippen molar-refractivity contribution in [3.05, 3.63) is 35.7 Å². The summed E-state index contributed by atoms with van der Waals surface area (Å²) in [5, 5.41) is 5.51. The van der Waals surface area contributed by atoms with Gasteiger partial charge in [0, 0.05) is 24.7 Å². The van der Waals surface area contributed by atoms with Crippen LogP contribution in [0, 0.1) is 0 Å². The lowest BCUT2D eigenvalue weighted by Gasteiger charge is -2.30. The summed E-state index contributed by atoms with van der Waals surface area (Å²) in [5.41, 5.74) is 0. The van der Waals surface area contributed by atoms with E-state index in [-0.39, 0.29) is 12.0 Å². The number of piperidine rings is 1. The highest BCUT2D eigenvalue weighted by molar-refractivity contribution is 7.11. The van der Waals surface area contributed by atoms with Crippen molar-refractivity contribution in [3.63, 3.8) is 0 Å². The zero-order valence-electron chi connectivity index (χ0n) is 12.2. The second-order valence-electron chi connectivity index (χ2n) is 5.25. The summed E-state index contributed by atoms with van der Waals surface area (Å²) in [4.78, 5) is 18.2. The minimum Gasteiger partial charge on any atom is -0.467 e. The van der Waals surface area contributed by atoms with Crippen LogP contribution in [0.2, 0.25) is 0 Å². The van der Waals surface area contributed by atoms with Gasteiger partial charge in [0.2, 0.25) is 5.91 Å². The second kappa shape index (κ2) is 7.42. The number of likely N-dealkylation sites (tertiary alicyclic amines) is 1. The van der Waals surface area contributed by atoms with E-state index in [1.165, 1.54) is 11.3 Å². The van der Waals surface area contributed by atoms with Crippen molar-refractivity contribution >= 4 is 17.2 Å². The number of hydrogen-bond donors (Lipinski definition) is 1. The molecular weight excluding hydrogens is 302 g/mol. The van der Waals surface area contributed by atoms with E-state index < -0.39 is 0 Å². The Kier molecular flexibility index (Phi) is 5.07. The Labute approximate surface area is 133 Å². The highest BCUT2D eigenvalue weighted by Crippen LogP contribution is 2.20. The van der Waals surface area contributed by atoms with Gasteiger partial charge in [-0.2, -0.15) is 0 Å². The van der Waals surface area contributed by atoms with Crippen LogP contribution in [0.4, 0.5) is 0 Å². The molecule has 7 heteroatoms. The number of carbonyl (C=O) groups is 1. The molecule has 0 aliphatic carbocycles. The smallest absolute Gasteiger partial charge is 0.273 e. The van der Waals surface area contributed by atoms with Gasteiger partial charge in [0.25, 0.3) is 5.19 Å². The van der Waals surface area contributed by atoms with Gasteiger partial charge in [-0.15, -0.1) is 0 Å². The fraction of sp³-hybridized carbons (Fsp3) is 0.467. The third kappa shape index (κ3) is 4.32. The lowest BCUT2D eigenvalue weighted by Crippen LogP contribution is -2.43. The molecule has 1 amide bonds. The first-order chi connectivity index (χ1) is 10.8. The van der Waals surface area contributed by atoms with Crippen molar-refractivity contribution in [2.75, 3.05) is 19.6 Å². The number of rotatable bonds is 6. The number of hydrogen-bond acceptors (Lipinski definition) is 6. The standard InChI is InChI=1S/C15H19N3O3S/c19-14(17-10-13-2-1-8-20-13)11-18-6-3-12(4-7-18)21-15-16-5-9-22-15/h1-2,5,8-9,12H,3-4,6-7,10-11H2,(H,17,19). The average Bonchev–Trinajstić information content (AvgIpc) is 3.20. The molecule has 1 aliphatic heterocycles. The highest BCUT2D eigenvalue weighted by Gasteiger charge is 2.22. The van der Waals surface area contributed by atoms with E-state index in [1.54, 1.807) is 12.5 Å². The summed E-state index contributed by atoms with van der Waals surface area (Å²) < 4.78 is 11.0.